The fraction of sp³-hybridized carbons (Fsp3) is 0.833. The van der Waals surface area contributed by atoms with E-state index in [4.69, 9.17) is 5.11 Å². The van der Waals surface area contributed by atoms with Crippen LogP contribution in [0.15, 0.2) is 0 Å². The first-order valence-corrected chi connectivity index (χ1v) is 6.04. The Balaban J connectivity index is 2.34. The van der Waals surface area contributed by atoms with Gasteiger partial charge in [0.2, 0.25) is 5.91 Å². The summed E-state index contributed by atoms with van der Waals surface area (Å²) in [6.45, 7) is 6.17. The highest BCUT2D eigenvalue weighted by molar-refractivity contribution is 5.79. The monoisotopic (exact) mass is 242 g/mol. The summed E-state index contributed by atoms with van der Waals surface area (Å²) < 4.78 is 0. The fourth-order valence-corrected chi connectivity index (χ4v) is 1.63. The van der Waals surface area contributed by atoms with Gasteiger partial charge in [0.15, 0.2) is 0 Å². The molecule has 1 amide bonds. The lowest BCUT2D eigenvalue weighted by Gasteiger charge is -2.22. The molecule has 1 rings (SSSR count). The molecular formula is C12H22N2O3. The van der Waals surface area contributed by atoms with Gasteiger partial charge in [-0.15, -0.1) is 0 Å². The fourth-order valence-electron chi connectivity index (χ4n) is 1.63. The molecule has 0 saturated heterocycles. The second-order valence-corrected chi connectivity index (χ2v) is 5.71. The standard InChI is InChI=1S/C12H22N2O3/c1-12(2,3)13-7-10(15)14-9(6-11(16)17)8-4-5-8/h8-9,13H,4-7H2,1-3H3,(H,14,15)(H,16,17). The molecule has 0 radical (unpaired) electrons. The van der Waals surface area contributed by atoms with E-state index >= 15 is 0 Å². The molecule has 5 heteroatoms. The van der Waals surface area contributed by atoms with Gasteiger partial charge in [0.05, 0.1) is 13.0 Å². The van der Waals surface area contributed by atoms with Crippen molar-refractivity contribution in [1.82, 2.24) is 10.6 Å². The third-order valence-electron chi connectivity index (χ3n) is 2.71. The maximum Gasteiger partial charge on any atom is 0.305 e. The summed E-state index contributed by atoms with van der Waals surface area (Å²) in [6.07, 6.45) is 2.06. The van der Waals surface area contributed by atoms with Crippen molar-refractivity contribution in [2.45, 2.75) is 51.6 Å². The van der Waals surface area contributed by atoms with E-state index < -0.39 is 5.97 Å². The predicted octanol–water partition coefficient (Wildman–Crippen LogP) is 0.744. The van der Waals surface area contributed by atoms with Gasteiger partial charge in [-0.05, 0) is 39.5 Å². The first-order chi connectivity index (χ1) is 7.78. The van der Waals surface area contributed by atoms with Crippen LogP contribution >= 0.6 is 0 Å². The first kappa shape index (κ1) is 14.0. The van der Waals surface area contributed by atoms with Gasteiger partial charge in [0.1, 0.15) is 0 Å². The van der Waals surface area contributed by atoms with Gasteiger partial charge in [-0.25, -0.2) is 0 Å². The van der Waals surface area contributed by atoms with Crippen molar-refractivity contribution in [3.63, 3.8) is 0 Å². The summed E-state index contributed by atoms with van der Waals surface area (Å²) in [6, 6.07) is -0.207. The van der Waals surface area contributed by atoms with Crippen LogP contribution in [0.4, 0.5) is 0 Å². The van der Waals surface area contributed by atoms with E-state index in [9.17, 15) is 9.59 Å². The molecule has 0 aliphatic heterocycles. The topological polar surface area (TPSA) is 78.4 Å². The number of nitrogens with one attached hydrogen (secondary N) is 2. The van der Waals surface area contributed by atoms with Crippen molar-refractivity contribution in [3.05, 3.63) is 0 Å². The molecule has 1 aliphatic rings. The number of carbonyl (C=O) groups excluding carboxylic acids is 1. The van der Waals surface area contributed by atoms with Gasteiger partial charge in [-0.1, -0.05) is 0 Å². The van der Waals surface area contributed by atoms with Crippen molar-refractivity contribution >= 4 is 11.9 Å². The lowest BCUT2D eigenvalue weighted by atomic mass is 10.1. The third kappa shape index (κ3) is 6.26. The average molecular weight is 242 g/mol. The molecule has 3 N–H and O–H groups in total. The zero-order valence-electron chi connectivity index (χ0n) is 10.7. The lowest BCUT2D eigenvalue weighted by molar-refractivity contribution is -0.137. The predicted molar refractivity (Wildman–Crippen MR) is 64.7 cm³/mol. The number of carboxylic acid groups (broad SMARTS) is 1. The molecule has 0 heterocycles. The summed E-state index contributed by atoms with van der Waals surface area (Å²) in [5.74, 6) is -0.631. The second-order valence-electron chi connectivity index (χ2n) is 5.71. The molecule has 98 valence electrons. The molecule has 1 fully saturated rings. The van der Waals surface area contributed by atoms with Crippen molar-refractivity contribution in [2.75, 3.05) is 6.54 Å². The second kappa shape index (κ2) is 5.49. The summed E-state index contributed by atoms with van der Waals surface area (Å²) in [5.41, 5.74) is -0.112. The summed E-state index contributed by atoms with van der Waals surface area (Å²) in [4.78, 5) is 22.3. The van der Waals surface area contributed by atoms with E-state index in [2.05, 4.69) is 10.6 Å². The largest absolute Gasteiger partial charge is 0.481 e. The van der Waals surface area contributed by atoms with Gasteiger partial charge in [0.25, 0.3) is 0 Å². The minimum absolute atomic E-state index is 0.0198. The van der Waals surface area contributed by atoms with E-state index in [0.717, 1.165) is 12.8 Å². The van der Waals surface area contributed by atoms with Crippen LogP contribution in [-0.2, 0) is 9.59 Å². The smallest absolute Gasteiger partial charge is 0.305 e. The molecule has 5 nitrogen and oxygen atoms in total. The van der Waals surface area contributed by atoms with Crippen molar-refractivity contribution in [1.29, 1.82) is 0 Å². The van der Waals surface area contributed by atoms with Gasteiger partial charge < -0.3 is 15.7 Å². The molecule has 17 heavy (non-hydrogen) atoms. The summed E-state index contributed by atoms with van der Waals surface area (Å²) in [7, 11) is 0. The lowest BCUT2D eigenvalue weighted by Crippen LogP contribution is -2.47. The van der Waals surface area contributed by atoms with Crippen molar-refractivity contribution in [3.8, 4) is 0 Å². The van der Waals surface area contributed by atoms with Crippen LogP contribution in [0.1, 0.15) is 40.0 Å². The maximum absolute atomic E-state index is 11.6. The van der Waals surface area contributed by atoms with Crippen LogP contribution in [0.25, 0.3) is 0 Å². The zero-order chi connectivity index (χ0) is 13.1. The number of hydrogen-bond donors (Lipinski definition) is 3. The zero-order valence-corrected chi connectivity index (χ0v) is 10.7. The van der Waals surface area contributed by atoms with Crippen molar-refractivity contribution < 1.29 is 14.7 Å². The molecule has 0 aromatic carbocycles. The highest BCUT2D eigenvalue weighted by atomic mass is 16.4. The van der Waals surface area contributed by atoms with E-state index in [1.54, 1.807) is 0 Å². The van der Waals surface area contributed by atoms with E-state index in [-0.39, 0.29) is 30.5 Å². The van der Waals surface area contributed by atoms with Crippen LogP contribution in [0, 0.1) is 5.92 Å². The Bertz CT molecular complexity index is 293. The summed E-state index contributed by atoms with van der Waals surface area (Å²) >= 11 is 0. The molecular weight excluding hydrogens is 220 g/mol. The van der Waals surface area contributed by atoms with E-state index in [1.807, 2.05) is 20.8 Å². The Labute approximate surface area is 102 Å². The number of carbonyl (C=O) groups is 2. The van der Waals surface area contributed by atoms with Gasteiger partial charge in [-0.2, -0.15) is 0 Å². The molecule has 0 spiro atoms. The van der Waals surface area contributed by atoms with Gasteiger partial charge in [-0.3, -0.25) is 9.59 Å². The van der Waals surface area contributed by atoms with Crippen LogP contribution < -0.4 is 10.6 Å². The average Bonchev–Trinajstić information content (AvgIpc) is 2.94. The number of hydrogen-bond acceptors (Lipinski definition) is 3. The highest BCUT2D eigenvalue weighted by Crippen LogP contribution is 2.33. The number of carboxylic acids is 1. The van der Waals surface area contributed by atoms with Crippen LogP contribution in [-0.4, -0.2) is 35.1 Å². The van der Waals surface area contributed by atoms with Crippen molar-refractivity contribution in [2.24, 2.45) is 5.92 Å². The summed E-state index contributed by atoms with van der Waals surface area (Å²) in [5, 5.41) is 14.6. The molecule has 1 aliphatic carbocycles. The van der Waals surface area contributed by atoms with Crippen LogP contribution in [0.5, 0.6) is 0 Å². The quantitative estimate of drug-likeness (QED) is 0.642. The number of amides is 1. The Morgan fingerprint density at radius 1 is 1.35 bits per heavy atom. The van der Waals surface area contributed by atoms with Crippen LogP contribution in [0.3, 0.4) is 0 Å². The molecule has 1 unspecified atom stereocenters. The molecule has 1 saturated carbocycles. The Kier molecular flexibility index (Phi) is 4.51. The highest BCUT2D eigenvalue weighted by Gasteiger charge is 2.33. The molecule has 0 aromatic rings. The van der Waals surface area contributed by atoms with Gasteiger partial charge in [0, 0.05) is 11.6 Å². The Morgan fingerprint density at radius 3 is 2.35 bits per heavy atom. The van der Waals surface area contributed by atoms with Gasteiger partial charge >= 0.3 is 5.97 Å². The molecule has 0 bridgehead atoms. The Morgan fingerprint density at radius 2 is 1.94 bits per heavy atom. The van der Waals surface area contributed by atoms with E-state index in [1.165, 1.54) is 0 Å². The third-order valence-corrected chi connectivity index (χ3v) is 2.71. The minimum atomic E-state index is -0.856. The normalized spacial score (nSPS) is 17.6. The minimum Gasteiger partial charge on any atom is -0.481 e. The Hall–Kier alpha value is -1.10. The number of aliphatic carboxylic acids is 1. The van der Waals surface area contributed by atoms with E-state index in [0.29, 0.717) is 5.92 Å². The maximum atomic E-state index is 11.6. The molecule has 0 aromatic heterocycles. The molecule has 1 atom stereocenters. The first-order valence-electron chi connectivity index (χ1n) is 6.04. The van der Waals surface area contributed by atoms with Crippen LogP contribution in [0.2, 0.25) is 0 Å². The SMILES string of the molecule is CC(C)(C)NCC(=O)NC(CC(=O)O)C1CC1. The number of rotatable bonds is 6.